The average molecular weight is 382 g/mol. The van der Waals surface area contributed by atoms with Gasteiger partial charge in [0.15, 0.2) is 5.96 Å². The van der Waals surface area contributed by atoms with Crippen LogP contribution in [0.2, 0.25) is 0 Å². The van der Waals surface area contributed by atoms with Crippen molar-refractivity contribution in [1.29, 1.82) is 0 Å². The molecule has 0 radical (unpaired) electrons. The summed E-state index contributed by atoms with van der Waals surface area (Å²) >= 11 is 0. The molecule has 0 aliphatic carbocycles. The number of guanidine groups is 1. The van der Waals surface area contributed by atoms with Crippen molar-refractivity contribution < 1.29 is 9.47 Å². The van der Waals surface area contributed by atoms with Crippen LogP contribution in [0.15, 0.2) is 53.5 Å². The fraction of sp³-hybridized carbons (Fsp3) is 0.435. The normalized spacial score (nSPS) is 16.8. The second-order valence-corrected chi connectivity index (χ2v) is 7.73. The largest absolute Gasteiger partial charge is 0.497 e. The van der Waals surface area contributed by atoms with E-state index in [1.807, 2.05) is 24.3 Å². The molecule has 28 heavy (non-hydrogen) atoms. The van der Waals surface area contributed by atoms with Gasteiger partial charge >= 0.3 is 0 Å². The molecule has 5 heteroatoms. The third-order valence-corrected chi connectivity index (χ3v) is 5.53. The molecule has 3 rings (SSSR count). The molecular weight excluding hydrogens is 350 g/mol. The number of nitrogens with one attached hydrogen (secondary N) is 1. The second kappa shape index (κ2) is 9.11. The summed E-state index contributed by atoms with van der Waals surface area (Å²) < 4.78 is 10.9. The molecule has 0 bridgehead atoms. The van der Waals surface area contributed by atoms with Gasteiger partial charge < -0.3 is 20.5 Å². The first-order chi connectivity index (χ1) is 13.5. The van der Waals surface area contributed by atoms with Gasteiger partial charge in [0.2, 0.25) is 0 Å². The van der Waals surface area contributed by atoms with E-state index in [1.165, 1.54) is 11.1 Å². The molecule has 5 nitrogen and oxygen atoms in total. The summed E-state index contributed by atoms with van der Waals surface area (Å²) in [5, 5.41) is 3.24. The Balaban J connectivity index is 1.76. The molecule has 1 aliphatic rings. The zero-order valence-corrected chi connectivity index (χ0v) is 17.1. The van der Waals surface area contributed by atoms with Crippen molar-refractivity contribution in [3.05, 3.63) is 59.7 Å². The predicted octanol–water partition coefficient (Wildman–Crippen LogP) is 4.29. The monoisotopic (exact) mass is 381 g/mol. The zero-order chi connectivity index (χ0) is 20.0. The Hall–Kier alpha value is -2.53. The first kappa shape index (κ1) is 20.2. The van der Waals surface area contributed by atoms with Gasteiger partial charge in [0.25, 0.3) is 0 Å². The van der Waals surface area contributed by atoms with Crippen molar-refractivity contribution in [3.8, 4) is 5.75 Å². The van der Waals surface area contributed by atoms with Gasteiger partial charge in [-0.3, -0.25) is 4.99 Å². The van der Waals surface area contributed by atoms with Gasteiger partial charge in [-0.05, 0) is 54.2 Å². The van der Waals surface area contributed by atoms with E-state index < -0.39 is 0 Å². The Bertz CT molecular complexity index is 794. The van der Waals surface area contributed by atoms with Crippen LogP contribution in [-0.2, 0) is 10.2 Å². The predicted molar refractivity (Wildman–Crippen MR) is 115 cm³/mol. The highest BCUT2D eigenvalue weighted by Gasteiger charge is 2.34. The first-order valence-corrected chi connectivity index (χ1v) is 9.92. The van der Waals surface area contributed by atoms with Crippen LogP contribution in [0.25, 0.3) is 0 Å². The summed E-state index contributed by atoms with van der Waals surface area (Å²) in [5.41, 5.74) is 9.66. The minimum atomic E-state index is -0.0589. The molecule has 0 unspecified atom stereocenters. The number of aliphatic imine (C=N–C) groups is 1. The molecule has 2 aromatic carbocycles. The lowest BCUT2D eigenvalue weighted by Crippen LogP contribution is -2.38. The van der Waals surface area contributed by atoms with E-state index >= 15 is 0 Å². The molecule has 0 saturated carbocycles. The number of rotatable bonds is 6. The highest BCUT2D eigenvalue weighted by molar-refractivity contribution is 5.92. The molecular formula is C23H31N3O2. The van der Waals surface area contributed by atoms with E-state index in [2.05, 4.69) is 43.4 Å². The highest BCUT2D eigenvalue weighted by atomic mass is 16.5. The lowest BCUT2D eigenvalue weighted by Gasteiger charge is -2.36. The Kier molecular flexibility index (Phi) is 6.57. The maximum absolute atomic E-state index is 6.22. The van der Waals surface area contributed by atoms with E-state index in [0.29, 0.717) is 18.4 Å². The van der Waals surface area contributed by atoms with Crippen LogP contribution in [0, 0.1) is 0 Å². The van der Waals surface area contributed by atoms with Crippen LogP contribution in [0.5, 0.6) is 5.75 Å². The lowest BCUT2D eigenvalue weighted by molar-refractivity contribution is 0.0531. The molecule has 3 N–H and O–H groups in total. The number of benzene rings is 2. The summed E-state index contributed by atoms with van der Waals surface area (Å²) in [6.45, 7) is 6.47. The average Bonchev–Trinajstić information content (AvgIpc) is 2.73. The number of hydrogen-bond donors (Lipinski definition) is 2. The summed E-state index contributed by atoms with van der Waals surface area (Å²) in [6, 6.07) is 16.6. The van der Waals surface area contributed by atoms with Gasteiger partial charge in [0.05, 0.1) is 13.7 Å². The molecule has 1 heterocycles. The fourth-order valence-electron chi connectivity index (χ4n) is 3.64. The molecule has 0 atom stereocenters. The van der Waals surface area contributed by atoms with Crippen LogP contribution in [0.1, 0.15) is 43.7 Å². The van der Waals surface area contributed by atoms with E-state index in [4.69, 9.17) is 20.2 Å². The zero-order valence-electron chi connectivity index (χ0n) is 17.1. The molecule has 1 saturated heterocycles. The van der Waals surface area contributed by atoms with E-state index in [-0.39, 0.29) is 5.41 Å². The van der Waals surface area contributed by atoms with Crippen LogP contribution in [0.4, 0.5) is 5.69 Å². The first-order valence-electron chi connectivity index (χ1n) is 9.92. The van der Waals surface area contributed by atoms with Crippen molar-refractivity contribution in [3.63, 3.8) is 0 Å². The van der Waals surface area contributed by atoms with Crippen molar-refractivity contribution >= 4 is 11.6 Å². The molecule has 0 spiro atoms. The third-order valence-electron chi connectivity index (χ3n) is 5.53. The number of hydrogen-bond acceptors (Lipinski definition) is 3. The van der Waals surface area contributed by atoms with Crippen molar-refractivity contribution in [1.82, 2.24) is 0 Å². The minimum Gasteiger partial charge on any atom is -0.497 e. The lowest BCUT2D eigenvalue weighted by atomic mass is 9.74. The van der Waals surface area contributed by atoms with Gasteiger partial charge in [-0.25, -0.2) is 0 Å². The second-order valence-electron chi connectivity index (χ2n) is 7.73. The number of methoxy groups -OCH3 is 1. The summed E-state index contributed by atoms with van der Waals surface area (Å²) in [7, 11) is 1.68. The number of nitrogens with two attached hydrogens (primary N) is 1. The van der Waals surface area contributed by atoms with Gasteiger partial charge in [0.1, 0.15) is 5.75 Å². The highest BCUT2D eigenvalue weighted by Crippen LogP contribution is 2.36. The Morgan fingerprint density at radius 1 is 1.18 bits per heavy atom. The van der Waals surface area contributed by atoms with Gasteiger partial charge in [0, 0.05) is 24.3 Å². The topological polar surface area (TPSA) is 68.9 Å². The standard InChI is InChI=1S/C23H31N3O2/c1-17(2)18-5-4-6-20(15-18)26-22(24)25-16-23(11-13-28-14-12-23)19-7-9-21(27-3)10-8-19/h4-10,15,17H,11-14,16H2,1-3H3,(H3,24,25,26). The van der Waals surface area contributed by atoms with E-state index in [9.17, 15) is 0 Å². The molecule has 1 aliphatic heterocycles. The Morgan fingerprint density at radius 2 is 1.89 bits per heavy atom. The number of ether oxygens (including phenoxy) is 2. The molecule has 0 aromatic heterocycles. The van der Waals surface area contributed by atoms with Gasteiger partial charge in [-0.1, -0.05) is 38.1 Å². The molecule has 150 valence electrons. The quantitative estimate of drug-likeness (QED) is 0.578. The molecule has 1 fully saturated rings. The number of nitrogens with zero attached hydrogens (tertiary/aromatic N) is 1. The Morgan fingerprint density at radius 3 is 2.54 bits per heavy atom. The van der Waals surface area contributed by atoms with Crippen molar-refractivity contribution in [2.75, 3.05) is 32.2 Å². The third kappa shape index (κ3) is 4.84. The van der Waals surface area contributed by atoms with Crippen LogP contribution in [-0.4, -0.2) is 32.8 Å². The van der Waals surface area contributed by atoms with Gasteiger partial charge in [-0.2, -0.15) is 0 Å². The maximum atomic E-state index is 6.22. The fourth-order valence-corrected chi connectivity index (χ4v) is 3.64. The minimum absolute atomic E-state index is 0.0589. The Labute approximate surface area is 168 Å². The van der Waals surface area contributed by atoms with E-state index in [0.717, 1.165) is 37.5 Å². The van der Waals surface area contributed by atoms with Crippen LogP contribution in [0.3, 0.4) is 0 Å². The summed E-state index contributed by atoms with van der Waals surface area (Å²) in [4.78, 5) is 4.71. The SMILES string of the molecule is COc1ccc(C2(CN=C(N)Nc3cccc(C(C)C)c3)CCOCC2)cc1. The molecule has 0 amide bonds. The van der Waals surface area contributed by atoms with Gasteiger partial charge in [-0.15, -0.1) is 0 Å². The smallest absolute Gasteiger partial charge is 0.193 e. The van der Waals surface area contributed by atoms with Crippen LogP contribution >= 0.6 is 0 Å². The van der Waals surface area contributed by atoms with Crippen LogP contribution < -0.4 is 15.8 Å². The summed E-state index contributed by atoms with van der Waals surface area (Å²) in [5.74, 6) is 1.78. The van der Waals surface area contributed by atoms with E-state index in [1.54, 1.807) is 7.11 Å². The van der Waals surface area contributed by atoms with Crippen molar-refractivity contribution in [2.45, 2.75) is 38.0 Å². The van der Waals surface area contributed by atoms with Crippen molar-refractivity contribution in [2.24, 2.45) is 10.7 Å². The summed E-state index contributed by atoms with van der Waals surface area (Å²) in [6.07, 6.45) is 1.86. The maximum Gasteiger partial charge on any atom is 0.193 e. The molecule has 2 aromatic rings. The number of anilines is 1.